The van der Waals surface area contributed by atoms with E-state index in [1.807, 2.05) is 6.07 Å². The third-order valence-electron chi connectivity index (χ3n) is 2.71. The van der Waals surface area contributed by atoms with E-state index < -0.39 is 6.10 Å². The number of benzene rings is 1. The lowest BCUT2D eigenvalue weighted by Crippen LogP contribution is -2.17. The molecule has 0 fully saturated rings. The van der Waals surface area contributed by atoms with Gasteiger partial charge in [-0.3, -0.25) is 0 Å². The minimum Gasteiger partial charge on any atom is -0.501 e. The van der Waals surface area contributed by atoms with E-state index >= 15 is 0 Å². The fourth-order valence-corrected chi connectivity index (χ4v) is 1.85. The van der Waals surface area contributed by atoms with Gasteiger partial charge in [-0.2, -0.15) is 0 Å². The molecule has 1 N–H and O–H groups in total. The van der Waals surface area contributed by atoms with Crippen molar-refractivity contribution >= 4 is 0 Å². The lowest BCUT2D eigenvalue weighted by molar-refractivity contribution is 0.169. The van der Waals surface area contributed by atoms with E-state index in [4.69, 9.17) is 4.74 Å². The Morgan fingerprint density at radius 3 is 3.00 bits per heavy atom. The largest absolute Gasteiger partial charge is 0.501 e. The number of rotatable bonds is 3. The Kier molecular flexibility index (Phi) is 3.57. The van der Waals surface area contributed by atoms with Crippen molar-refractivity contribution in [3.8, 4) is 0 Å². The molecular formula is C13H15FO2. The molecule has 1 aromatic rings. The van der Waals surface area contributed by atoms with Crippen LogP contribution in [0.5, 0.6) is 0 Å². The van der Waals surface area contributed by atoms with Crippen molar-refractivity contribution < 1.29 is 14.2 Å². The molecule has 1 atom stereocenters. The summed E-state index contributed by atoms with van der Waals surface area (Å²) in [5, 5.41) is 9.95. The normalized spacial score (nSPS) is 17.5. The molecule has 2 rings (SSSR count). The predicted octanol–water partition coefficient (Wildman–Crippen LogP) is 2.42. The number of ether oxygens (including phenoxy) is 1. The molecule has 0 radical (unpaired) electrons. The third kappa shape index (κ3) is 2.83. The highest BCUT2D eigenvalue weighted by Crippen LogP contribution is 2.19. The van der Waals surface area contributed by atoms with Crippen LogP contribution in [0.25, 0.3) is 0 Å². The summed E-state index contributed by atoms with van der Waals surface area (Å²) >= 11 is 0. The zero-order chi connectivity index (χ0) is 11.4. The zero-order valence-corrected chi connectivity index (χ0v) is 9.03. The Hall–Kier alpha value is -1.35. The summed E-state index contributed by atoms with van der Waals surface area (Å²) in [6.45, 7) is 0.718. The minimum atomic E-state index is -0.568. The molecule has 0 spiro atoms. The van der Waals surface area contributed by atoms with Crippen LogP contribution >= 0.6 is 0 Å². The number of aliphatic hydroxyl groups excluding tert-OH is 1. The molecule has 0 aliphatic carbocycles. The predicted molar refractivity (Wildman–Crippen MR) is 59.4 cm³/mol. The quantitative estimate of drug-likeness (QED) is 0.851. The van der Waals surface area contributed by atoms with Crippen LogP contribution in [0.2, 0.25) is 0 Å². The van der Waals surface area contributed by atoms with Gasteiger partial charge in [0.25, 0.3) is 0 Å². The van der Waals surface area contributed by atoms with Crippen LogP contribution < -0.4 is 0 Å². The highest BCUT2D eigenvalue weighted by Gasteiger charge is 2.14. The first-order valence-corrected chi connectivity index (χ1v) is 5.49. The molecule has 1 unspecified atom stereocenters. The second-order valence-corrected chi connectivity index (χ2v) is 4.02. The summed E-state index contributed by atoms with van der Waals surface area (Å²) in [5.41, 5.74) is 1.70. The lowest BCUT2D eigenvalue weighted by Gasteiger charge is -2.18. The van der Waals surface area contributed by atoms with Gasteiger partial charge in [0.1, 0.15) is 5.82 Å². The summed E-state index contributed by atoms with van der Waals surface area (Å²) < 4.78 is 18.1. The lowest BCUT2D eigenvalue weighted by atomic mass is 9.98. The molecule has 2 nitrogen and oxygen atoms in total. The van der Waals surface area contributed by atoms with Gasteiger partial charge in [-0.15, -0.1) is 0 Å². The van der Waals surface area contributed by atoms with Gasteiger partial charge in [-0.05, 0) is 36.1 Å². The molecule has 0 saturated heterocycles. The van der Waals surface area contributed by atoms with Crippen molar-refractivity contribution in [2.75, 3.05) is 6.61 Å². The number of hydrogen-bond acceptors (Lipinski definition) is 2. The van der Waals surface area contributed by atoms with E-state index in [1.54, 1.807) is 12.3 Å². The molecule has 0 bridgehead atoms. The van der Waals surface area contributed by atoms with Crippen LogP contribution in [0.1, 0.15) is 18.4 Å². The molecule has 1 aromatic carbocycles. The maximum atomic E-state index is 12.9. The van der Waals surface area contributed by atoms with Crippen molar-refractivity contribution in [1.82, 2.24) is 0 Å². The number of halogens is 1. The van der Waals surface area contributed by atoms with Crippen molar-refractivity contribution in [2.24, 2.45) is 0 Å². The van der Waals surface area contributed by atoms with Crippen LogP contribution in [-0.2, 0) is 11.2 Å². The van der Waals surface area contributed by atoms with Gasteiger partial charge in [-0.25, -0.2) is 4.39 Å². The van der Waals surface area contributed by atoms with Gasteiger partial charge in [-0.1, -0.05) is 12.1 Å². The van der Waals surface area contributed by atoms with Crippen LogP contribution in [0.15, 0.2) is 36.1 Å². The van der Waals surface area contributed by atoms with Crippen molar-refractivity contribution in [1.29, 1.82) is 0 Å². The number of aliphatic hydroxyl groups is 1. The number of hydrogen-bond donors (Lipinski definition) is 1. The second kappa shape index (κ2) is 5.12. The summed E-state index contributed by atoms with van der Waals surface area (Å²) in [4.78, 5) is 0. The van der Waals surface area contributed by atoms with Crippen molar-refractivity contribution in [3.05, 3.63) is 47.5 Å². The smallest absolute Gasteiger partial charge is 0.123 e. The van der Waals surface area contributed by atoms with Crippen LogP contribution in [0, 0.1) is 5.82 Å². The standard InChI is InChI=1S/C13H15FO2/c14-12-5-1-3-10(7-12)8-13(15)11-4-2-6-16-9-11/h1,3,5,7,9,13,15H,2,4,6,8H2. The molecule has 1 heterocycles. The Morgan fingerprint density at radius 2 is 2.31 bits per heavy atom. The molecule has 1 aliphatic rings. The Labute approximate surface area is 94.4 Å². The second-order valence-electron chi connectivity index (χ2n) is 4.02. The van der Waals surface area contributed by atoms with Gasteiger partial charge >= 0.3 is 0 Å². The summed E-state index contributed by atoms with van der Waals surface area (Å²) in [6, 6.07) is 6.33. The minimum absolute atomic E-state index is 0.265. The average Bonchev–Trinajstić information content (AvgIpc) is 2.30. The third-order valence-corrected chi connectivity index (χ3v) is 2.71. The summed E-state index contributed by atoms with van der Waals surface area (Å²) in [6.07, 6.45) is 3.30. The van der Waals surface area contributed by atoms with Crippen molar-refractivity contribution in [3.63, 3.8) is 0 Å². The summed E-state index contributed by atoms with van der Waals surface area (Å²) in [7, 11) is 0. The van der Waals surface area contributed by atoms with Crippen LogP contribution in [0.4, 0.5) is 4.39 Å². The van der Waals surface area contributed by atoms with E-state index in [0.717, 1.165) is 30.6 Å². The maximum Gasteiger partial charge on any atom is 0.123 e. The van der Waals surface area contributed by atoms with E-state index in [-0.39, 0.29) is 5.82 Å². The summed E-state index contributed by atoms with van der Waals surface area (Å²) in [5.74, 6) is -0.265. The van der Waals surface area contributed by atoms with Gasteiger partial charge in [0, 0.05) is 6.42 Å². The topological polar surface area (TPSA) is 29.5 Å². The zero-order valence-electron chi connectivity index (χ0n) is 9.03. The molecule has 3 heteroatoms. The highest BCUT2D eigenvalue weighted by molar-refractivity contribution is 5.20. The van der Waals surface area contributed by atoms with Gasteiger partial charge in [0.05, 0.1) is 19.0 Å². The van der Waals surface area contributed by atoms with Gasteiger partial charge < -0.3 is 9.84 Å². The molecule has 16 heavy (non-hydrogen) atoms. The van der Waals surface area contributed by atoms with E-state index in [1.165, 1.54) is 12.1 Å². The van der Waals surface area contributed by atoms with Crippen LogP contribution in [-0.4, -0.2) is 17.8 Å². The van der Waals surface area contributed by atoms with E-state index in [9.17, 15) is 9.50 Å². The monoisotopic (exact) mass is 222 g/mol. The fourth-order valence-electron chi connectivity index (χ4n) is 1.85. The molecule has 0 aromatic heterocycles. The fraction of sp³-hybridized carbons (Fsp3) is 0.385. The van der Waals surface area contributed by atoms with Crippen molar-refractivity contribution in [2.45, 2.75) is 25.4 Å². The highest BCUT2D eigenvalue weighted by atomic mass is 19.1. The Bertz CT molecular complexity index is 387. The van der Waals surface area contributed by atoms with E-state index in [0.29, 0.717) is 6.42 Å². The molecule has 0 amide bonds. The SMILES string of the molecule is OC(Cc1cccc(F)c1)C1=COCCC1. The Morgan fingerprint density at radius 1 is 1.44 bits per heavy atom. The first-order chi connectivity index (χ1) is 7.75. The first-order valence-electron chi connectivity index (χ1n) is 5.49. The Balaban J connectivity index is 2.01. The molecular weight excluding hydrogens is 207 g/mol. The van der Waals surface area contributed by atoms with E-state index in [2.05, 4.69) is 0 Å². The molecule has 86 valence electrons. The molecule has 1 aliphatic heterocycles. The maximum absolute atomic E-state index is 12.9. The first kappa shape index (κ1) is 11.1. The average molecular weight is 222 g/mol. The molecule has 0 saturated carbocycles. The van der Waals surface area contributed by atoms with Crippen LogP contribution in [0.3, 0.4) is 0 Å². The van der Waals surface area contributed by atoms with Gasteiger partial charge in [0.15, 0.2) is 0 Å². The van der Waals surface area contributed by atoms with Gasteiger partial charge in [0.2, 0.25) is 0 Å².